The highest BCUT2D eigenvalue weighted by Crippen LogP contribution is 2.28. The van der Waals surface area contributed by atoms with Crippen LogP contribution in [0.25, 0.3) is 0 Å². The molecule has 1 amide bonds. The molecular formula is C22H22N2O6. The van der Waals surface area contributed by atoms with Gasteiger partial charge < -0.3 is 29.3 Å². The Morgan fingerprint density at radius 2 is 1.80 bits per heavy atom. The van der Waals surface area contributed by atoms with E-state index < -0.39 is 18.5 Å². The van der Waals surface area contributed by atoms with Gasteiger partial charge in [-0.3, -0.25) is 4.79 Å². The number of ether oxygens (including phenoxy) is 3. The van der Waals surface area contributed by atoms with E-state index in [9.17, 15) is 9.59 Å². The van der Waals surface area contributed by atoms with Crippen LogP contribution in [0.15, 0.2) is 65.3 Å². The van der Waals surface area contributed by atoms with Crippen LogP contribution >= 0.6 is 0 Å². The van der Waals surface area contributed by atoms with E-state index >= 15 is 0 Å². The van der Waals surface area contributed by atoms with E-state index in [2.05, 4.69) is 10.6 Å². The van der Waals surface area contributed by atoms with E-state index in [1.165, 1.54) is 14.2 Å². The number of para-hydroxylation sites is 1. The Morgan fingerprint density at radius 3 is 2.53 bits per heavy atom. The fraction of sp³-hybridized carbons (Fsp3) is 0.182. The van der Waals surface area contributed by atoms with Crippen LogP contribution in [0, 0.1) is 0 Å². The Labute approximate surface area is 173 Å². The summed E-state index contributed by atoms with van der Waals surface area (Å²) in [4.78, 5) is 24.8. The molecule has 0 aliphatic rings. The van der Waals surface area contributed by atoms with Crippen molar-refractivity contribution in [1.82, 2.24) is 0 Å². The summed E-state index contributed by atoms with van der Waals surface area (Å²) in [5, 5.41) is 5.78. The van der Waals surface area contributed by atoms with E-state index in [0.29, 0.717) is 35.0 Å². The second-order valence-electron chi connectivity index (χ2n) is 6.17. The molecule has 156 valence electrons. The number of amides is 1. The SMILES string of the molecule is COc1ccc(OC)c(NC(=O)COC(=O)c2ccccc2NCc2ccco2)c1. The Morgan fingerprint density at radius 1 is 0.967 bits per heavy atom. The molecule has 0 aliphatic heterocycles. The third-order valence-corrected chi connectivity index (χ3v) is 4.20. The Kier molecular flexibility index (Phi) is 6.94. The zero-order valence-corrected chi connectivity index (χ0v) is 16.6. The monoisotopic (exact) mass is 410 g/mol. The average Bonchev–Trinajstić information content (AvgIpc) is 3.30. The normalized spacial score (nSPS) is 10.2. The van der Waals surface area contributed by atoms with Crippen LogP contribution in [0.4, 0.5) is 11.4 Å². The second-order valence-corrected chi connectivity index (χ2v) is 6.17. The number of carbonyl (C=O) groups excluding carboxylic acids is 2. The lowest BCUT2D eigenvalue weighted by Gasteiger charge is -2.13. The van der Waals surface area contributed by atoms with Crippen LogP contribution in [0.1, 0.15) is 16.1 Å². The lowest BCUT2D eigenvalue weighted by molar-refractivity contribution is -0.119. The van der Waals surface area contributed by atoms with Crippen LogP contribution in [0.3, 0.4) is 0 Å². The number of carbonyl (C=O) groups is 2. The van der Waals surface area contributed by atoms with Gasteiger partial charge in [-0.05, 0) is 36.4 Å². The van der Waals surface area contributed by atoms with Crippen molar-refractivity contribution in [1.29, 1.82) is 0 Å². The highest BCUT2D eigenvalue weighted by Gasteiger charge is 2.16. The molecule has 1 aromatic heterocycles. The van der Waals surface area contributed by atoms with Crippen molar-refractivity contribution in [2.45, 2.75) is 6.54 Å². The molecular weight excluding hydrogens is 388 g/mol. The second kappa shape index (κ2) is 10.0. The molecule has 2 N–H and O–H groups in total. The van der Waals surface area contributed by atoms with E-state index in [0.717, 1.165) is 5.76 Å². The molecule has 8 heteroatoms. The molecule has 0 fully saturated rings. The first kappa shape index (κ1) is 20.8. The Hall–Kier alpha value is -3.94. The zero-order chi connectivity index (χ0) is 21.3. The summed E-state index contributed by atoms with van der Waals surface area (Å²) in [6, 6.07) is 15.5. The van der Waals surface area contributed by atoms with Crippen molar-refractivity contribution in [3.63, 3.8) is 0 Å². The number of methoxy groups -OCH3 is 2. The van der Waals surface area contributed by atoms with Gasteiger partial charge in [-0.2, -0.15) is 0 Å². The van der Waals surface area contributed by atoms with Gasteiger partial charge in [0, 0.05) is 11.8 Å². The van der Waals surface area contributed by atoms with E-state index in [1.54, 1.807) is 54.8 Å². The van der Waals surface area contributed by atoms with E-state index in [4.69, 9.17) is 18.6 Å². The van der Waals surface area contributed by atoms with Crippen molar-refractivity contribution in [2.75, 3.05) is 31.5 Å². The van der Waals surface area contributed by atoms with Gasteiger partial charge in [0.15, 0.2) is 6.61 Å². The van der Waals surface area contributed by atoms with Gasteiger partial charge in [0.1, 0.15) is 17.3 Å². The molecule has 0 aliphatic carbocycles. The van der Waals surface area contributed by atoms with Crippen molar-refractivity contribution in [3.8, 4) is 11.5 Å². The number of esters is 1. The predicted molar refractivity (Wildman–Crippen MR) is 111 cm³/mol. The maximum absolute atomic E-state index is 12.5. The summed E-state index contributed by atoms with van der Waals surface area (Å²) in [5.41, 5.74) is 1.31. The molecule has 1 heterocycles. The summed E-state index contributed by atoms with van der Waals surface area (Å²) in [6.45, 7) is -0.0425. The Balaban J connectivity index is 1.60. The highest BCUT2D eigenvalue weighted by atomic mass is 16.5. The number of rotatable bonds is 9. The predicted octanol–water partition coefficient (Wildman–Crippen LogP) is 3.70. The molecule has 8 nitrogen and oxygen atoms in total. The topological polar surface area (TPSA) is 99.0 Å². The molecule has 3 aromatic rings. The largest absolute Gasteiger partial charge is 0.497 e. The van der Waals surface area contributed by atoms with Crippen LogP contribution in [-0.2, 0) is 16.1 Å². The van der Waals surface area contributed by atoms with E-state index in [1.807, 2.05) is 6.07 Å². The van der Waals surface area contributed by atoms with Gasteiger partial charge >= 0.3 is 5.97 Å². The molecule has 0 unspecified atom stereocenters. The smallest absolute Gasteiger partial charge is 0.340 e. The fourth-order valence-electron chi connectivity index (χ4n) is 2.72. The minimum Gasteiger partial charge on any atom is -0.497 e. The van der Waals surface area contributed by atoms with Gasteiger partial charge in [-0.15, -0.1) is 0 Å². The summed E-state index contributed by atoms with van der Waals surface area (Å²) < 4.78 is 20.8. The van der Waals surface area contributed by atoms with Gasteiger partial charge in [0.25, 0.3) is 5.91 Å². The standard InChI is InChI=1S/C22H22N2O6/c1-27-15-9-10-20(28-2)19(12-15)24-21(25)14-30-22(26)17-7-3-4-8-18(17)23-13-16-6-5-11-29-16/h3-12,23H,13-14H2,1-2H3,(H,24,25). The molecule has 0 saturated heterocycles. The van der Waals surface area contributed by atoms with Crippen molar-refractivity contribution < 1.29 is 28.2 Å². The van der Waals surface area contributed by atoms with Crippen molar-refractivity contribution in [3.05, 3.63) is 72.2 Å². The first-order valence-corrected chi connectivity index (χ1v) is 9.15. The van der Waals surface area contributed by atoms with Crippen LogP contribution in [0.2, 0.25) is 0 Å². The molecule has 30 heavy (non-hydrogen) atoms. The molecule has 0 saturated carbocycles. The summed E-state index contributed by atoms with van der Waals surface area (Å²) in [6.07, 6.45) is 1.58. The summed E-state index contributed by atoms with van der Waals surface area (Å²) in [5.74, 6) is 0.619. The lowest BCUT2D eigenvalue weighted by Crippen LogP contribution is -2.21. The summed E-state index contributed by atoms with van der Waals surface area (Å²) in [7, 11) is 3.01. The fourth-order valence-corrected chi connectivity index (χ4v) is 2.72. The van der Waals surface area contributed by atoms with Crippen LogP contribution < -0.4 is 20.1 Å². The number of nitrogens with one attached hydrogen (secondary N) is 2. The number of furan rings is 1. The average molecular weight is 410 g/mol. The maximum atomic E-state index is 12.5. The quantitative estimate of drug-likeness (QED) is 0.519. The third-order valence-electron chi connectivity index (χ3n) is 4.20. The van der Waals surface area contributed by atoms with Crippen molar-refractivity contribution in [2.24, 2.45) is 0 Å². The van der Waals surface area contributed by atoms with Crippen LogP contribution in [0.5, 0.6) is 11.5 Å². The molecule has 0 radical (unpaired) electrons. The van der Waals surface area contributed by atoms with Crippen molar-refractivity contribution >= 4 is 23.3 Å². The van der Waals surface area contributed by atoms with Crippen LogP contribution in [-0.4, -0.2) is 32.7 Å². The molecule has 0 spiro atoms. The molecule has 0 atom stereocenters. The first-order valence-electron chi connectivity index (χ1n) is 9.15. The highest BCUT2D eigenvalue weighted by molar-refractivity contribution is 5.99. The molecule has 0 bridgehead atoms. The van der Waals surface area contributed by atoms with Gasteiger partial charge in [0.2, 0.25) is 0 Å². The minimum atomic E-state index is -0.620. The number of benzene rings is 2. The Bertz CT molecular complexity index is 1000. The third kappa shape index (κ3) is 5.32. The van der Waals surface area contributed by atoms with Gasteiger partial charge in [-0.1, -0.05) is 12.1 Å². The van der Waals surface area contributed by atoms with Gasteiger partial charge in [-0.25, -0.2) is 4.79 Å². The molecule has 2 aromatic carbocycles. The molecule has 3 rings (SSSR count). The number of hydrogen-bond donors (Lipinski definition) is 2. The van der Waals surface area contributed by atoms with Gasteiger partial charge in [0.05, 0.1) is 38.3 Å². The lowest BCUT2D eigenvalue weighted by atomic mass is 10.2. The number of anilines is 2. The zero-order valence-electron chi connectivity index (χ0n) is 16.6. The maximum Gasteiger partial charge on any atom is 0.340 e. The first-order chi connectivity index (χ1) is 14.6. The van der Waals surface area contributed by atoms with E-state index in [-0.39, 0.29) is 0 Å². The summed E-state index contributed by atoms with van der Waals surface area (Å²) >= 11 is 0. The number of hydrogen-bond acceptors (Lipinski definition) is 7. The minimum absolute atomic E-state index is 0.316.